The summed E-state index contributed by atoms with van der Waals surface area (Å²) in [6.07, 6.45) is -14.9. The van der Waals surface area contributed by atoms with Crippen molar-refractivity contribution in [2.75, 3.05) is 0 Å². The molecule has 0 aliphatic rings. The maximum absolute atomic E-state index is 12.4. The molecule has 0 saturated heterocycles. The third-order valence-corrected chi connectivity index (χ3v) is 4.01. The third kappa shape index (κ3) is 3.11. The van der Waals surface area contributed by atoms with E-state index >= 15 is 0 Å². The second-order valence-electron chi connectivity index (χ2n) is 3.22. The van der Waals surface area contributed by atoms with Gasteiger partial charge in [-0.1, -0.05) is 6.92 Å². The van der Waals surface area contributed by atoms with Gasteiger partial charge in [-0.15, -0.1) is 0 Å². The number of rotatable bonds is 3. The zero-order valence-electron chi connectivity index (χ0n) is 7.93. The lowest BCUT2D eigenvalue weighted by Gasteiger charge is -2.35. The molecule has 0 aromatic carbocycles. The van der Waals surface area contributed by atoms with Crippen LogP contribution < -0.4 is 0 Å². The highest BCUT2D eigenvalue weighted by molar-refractivity contribution is 7.53. The van der Waals surface area contributed by atoms with Gasteiger partial charge in [-0.05, 0) is 6.42 Å². The van der Waals surface area contributed by atoms with Crippen LogP contribution in [0.2, 0.25) is 0 Å². The summed E-state index contributed by atoms with van der Waals surface area (Å²) in [6, 6.07) is 0. The van der Waals surface area contributed by atoms with Gasteiger partial charge in [-0.3, -0.25) is 4.57 Å². The van der Waals surface area contributed by atoms with E-state index < -0.39 is 37.9 Å². The van der Waals surface area contributed by atoms with Crippen LogP contribution in [-0.4, -0.2) is 27.3 Å². The zero-order chi connectivity index (χ0) is 13.4. The molecule has 1 atom stereocenters. The van der Waals surface area contributed by atoms with E-state index in [1.165, 1.54) is 0 Å². The molecule has 0 fully saturated rings. The van der Waals surface area contributed by atoms with Crippen LogP contribution in [0.1, 0.15) is 19.8 Å². The normalized spacial score (nSPS) is 18.3. The van der Waals surface area contributed by atoms with E-state index in [9.17, 15) is 30.9 Å². The number of alkyl halides is 6. The van der Waals surface area contributed by atoms with Crippen LogP contribution in [0.3, 0.4) is 0 Å². The van der Waals surface area contributed by atoms with Gasteiger partial charge in [-0.25, -0.2) is 0 Å². The Kier molecular flexibility index (Phi) is 4.12. The summed E-state index contributed by atoms with van der Waals surface area (Å²) in [5.74, 6) is 0. The Balaban J connectivity index is 5.60. The third-order valence-electron chi connectivity index (χ3n) is 2.16. The van der Waals surface area contributed by atoms with Gasteiger partial charge < -0.3 is 9.79 Å². The lowest BCUT2D eigenvalue weighted by molar-refractivity contribution is -0.212. The molecule has 0 saturated carbocycles. The van der Waals surface area contributed by atoms with Crippen molar-refractivity contribution in [3.8, 4) is 0 Å². The maximum atomic E-state index is 12.4. The smallest absolute Gasteiger partial charge is 0.324 e. The first-order valence-electron chi connectivity index (χ1n) is 3.96. The van der Waals surface area contributed by atoms with E-state index in [0.717, 1.165) is 0 Å². The fourth-order valence-electron chi connectivity index (χ4n) is 1.23. The van der Waals surface area contributed by atoms with Gasteiger partial charge in [0.05, 0.1) is 6.42 Å². The molecule has 0 spiro atoms. The quantitative estimate of drug-likeness (QED) is 0.614. The molecule has 0 bridgehead atoms. The molecule has 3 nitrogen and oxygen atoms in total. The van der Waals surface area contributed by atoms with Crippen LogP contribution in [0.5, 0.6) is 0 Å². The van der Waals surface area contributed by atoms with Gasteiger partial charge in [0.1, 0.15) is 0 Å². The lowest BCUT2D eigenvalue weighted by atomic mass is 10.0. The zero-order valence-corrected chi connectivity index (χ0v) is 8.83. The molecule has 0 radical (unpaired) electrons. The van der Waals surface area contributed by atoms with Gasteiger partial charge in [0, 0.05) is 0 Å². The van der Waals surface area contributed by atoms with E-state index in [1.54, 1.807) is 0 Å². The summed E-state index contributed by atoms with van der Waals surface area (Å²) in [5, 5.41) is -4.06. The van der Waals surface area contributed by atoms with Crippen LogP contribution in [0.4, 0.5) is 26.3 Å². The number of hydrogen-bond acceptors (Lipinski definition) is 1. The molecule has 98 valence electrons. The Morgan fingerprint density at radius 1 is 1.06 bits per heavy atom. The Hall–Kier alpha value is -0.270. The fourth-order valence-corrected chi connectivity index (χ4v) is 2.36. The van der Waals surface area contributed by atoms with E-state index in [-0.39, 0.29) is 0 Å². The van der Waals surface area contributed by atoms with Crippen molar-refractivity contribution in [2.24, 2.45) is 0 Å². The average Bonchev–Trinajstić information content (AvgIpc) is 1.93. The van der Waals surface area contributed by atoms with Crippen molar-refractivity contribution in [3.63, 3.8) is 0 Å². The summed E-state index contributed by atoms with van der Waals surface area (Å²) in [6.45, 7) is 0.651. The van der Waals surface area contributed by atoms with E-state index in [1.807, 2.05) is 0 Å². The second-order valence-corrected chi connectivity index (χ2v) is 5.16. The van der Waals surface area contributed by atoms with Crippen LogP contribution in [0.25, 0.3) is 0 Å². The molecule has 10 heteroatoms. The second kappa shape index (κ2) is 4.19. The highest BCUT2D eigenvalue weighted by Gasteiger charge is 2.68. The van der Waals surface area contributed by atoms with Gasteiger partial charge in [-0.2, -0.15) is 26.3 Å². The highest BCUT2D eigenvalue weighted by Crippen LogP contribution is 2.63. The van der Waals surface area contributed by atoms with Crippen LogP contribution in [0, 0.1) is 0 Å². The molecule has 0 rings (SSSR count). The monoisotopic (exact) mass is 274 g/mol. The molecule has 16 heavy (non-hydrogen) atoms. The molecular formula is C6H9F6O3P. The maximum Gasteiger partial charge on any atom is 0.406 e. The lowest BCUT2D eigenvalue weighted by Crippen LogP contribution is -2.47. The molecule has 0 aliphatic heterocycles. The molecule has 0 aliphatic carbocycles. The Morgan fingerprint density at radius 2 is 1.44 bits per heavy atom. The van der Waals surface area contributed by atoms with Crippen LogP contribution >= 0.6 is 7.60 Å². The van der Waals surface area contributed by atoms with Gasteiger partial charge in [0.2, 0.25) is 0 Å². The Bertz CT molecular complexity index is 292. The SMILES string of the molecule is CCC(CC(F)(F)F)(C(F)(F)F)P(=O)(O)O. The highest BCUT2D eigenvalue weighted by atomic mass is 31.2. The molecule has 2 N–H and O–H groups in total. The molecule has 0 aromatic heterocycles. The standard InChI is InChI=1S/C6H9F6O3P/c1-2-4(6(10,11)12,16(13,14)15)3-5(7,8)9/h2-3H2,1H3,(H2,13,14,15). The largest absolute Gasteiger partial charge is 0.406 e. The number of halogens is 6. The van der Waals surface area contributed by atoms with Gasteiger partial charge in [0.25, 0.3) is 0 Å². The number of hydrogen-bond donors (Lipinski definition) is 2. The minimum Gasteiger partial charge on any atom is -0.324 e. The molecule has 1 unspecified atom stereocenters. The van der Waals surface area contributed by atoms with Crippen molar-refractivity contribution >= 4 is 7.60 Å². The van der Waals surface area contributed by atoms with Crippen LogP contribution in [-0.2, 0) is 4.57 Å². The summed E-state index contributed by atoms with van der Waals surface area (Å²) in [5.41, 5.74) is 0. The van der Waals surface area contributed by atoms with Crippen molar-refractivity contribution < 1.29 is 40.7 Å². The minimum absolute atomic E-state index is 0.651. The average molecular weight is 274 g/mol. The first-order chi connectivity index (χ1) is 6.77. The fraction of sp³-hybridized carbons (Fsp3) is 1.00. The molecular weight excluding hydrogens is 265 g/mol. The molecule has 0 aromatic rings. The molecule has 0 amide bonds. The summed E-state index contributed by atoms with van der Waals surface area (Å²) >= 11 is 0. The topological polar surface area (TPSA) is 57.5 Å². The van der Waals surface area contributed by atoms with E-state index in [2.05, 4.69) is 0 Å². The van der Waals surface area contributed by atoms with Gasteiger partial charge in [0.15, 0.2) is 5.16 Å². The summed E-state index contributed by atoms with van der Waals surface area (Å²) in [7, 11) is -5.97. The minimum atomic E-state index is -5.97. The molecule has 0 heterocycles. The first kappa shape index (κ1) is 15.7. The summed E-state index contributed by atoms with van der Waals surface area (Å²) < 4.78 is 83.8. The van der Waals surface area contributed by atoms with Crippen molar-refractivity contribution in [3.05, 3.63) is 0 Å². The van der Waals surface area contributed by atoms with Crippen molar-refractivity contribution in [1.29, 1.82) is 0 Å². The van der Waals surface area contributed by atoms with Crippen LogP contribution in [0.15, 0.2) is 0 Å². The Morgan fingerprint density at radius 3 is 1.50 bits per heavy atom. The van der Waals surface area contributed by atoms with E-state index in [4.69, 9.17) is 9.79 Å². The van der Waals surface area contributed by atoms with Gasteiger partial charge >= 0.3 is 19.9 Å². The van der Waals surface area contributed by atoms with Crippen molar-refractivity contribution in [2.45, 2.75) is 37.3 Å². The predicted octanol–water partition coefficient (Wildman–Crippen LogP) is 2.83. The Labute approximate surface area is 86.6 Å². The van der Waals surface area contributed by atoms with Crippen molar-refractivity contribution in [1.82, 2.24) is 0 Å². The summed E-state index contributed by atoms with van der Waals surface area (Å²) in [4.78, 5) is 17.0. The first-order valence-corrected chi connectivity index (χ1v) is 5.57. The van der Waals surface area contributed by atoms with E-state index in [0.29, 0.717) is 6.92 Å². The predicted molar refractivity (Wildman–Crippen MR) is 41.8 cm³/mol.